The van der Waals surface area contributed by atoms with Crippen molar-refractivity contribution in [2.45, 2.75) is 0 Å². The Labute approximate surface area is 135 Å². The number of rotatable bonds is 12. The van der Waals surface area contributed by atoms with Gasteiger partial charge in [0.15, 0.2) is 0 Å². The van der Waals surface area contributed by atoms with Crippen molar-refractivity contribution in [2.24, 2.45) is 10.8 Å². The second-order valence-corrected chi connectivity index (χ2v) is 5.89. The molecule has 0 unspecified atom stereocenters. The summed E-state index contributed by atoms with van der Waals surface area (Å²) >= 11 is 0. The maximum Gasteiger partial charge on any atom is 0.119 e. The Morgan fingerprint density at radius 3 is 1.61 bits per heavy atom. The molecule has 0 aromatic heterocycles. The van der Waals surface area contributed by atoms with E-state index >= 15 is 0 Å². The molecule has 0 atom stereocenters. The smallest absolute Gasteiger partial charge is 0.119 e. The van der Waals surface area contributed by atoms with Crippen LogP contribution in [-0.2, 0) is 4.74 Å². The maximum absolute atomic E-state index is 9.59. The van der Waals surface area contributed by atoms with E-state index in [-0.39, 0.29) is 33.0 Å². The Morgan fingerprint density at radius 1 is 0.652 bits per heavy atom. The summed E-state index contributed by atoms with van der Waals surface area (Å²) in [5.41, 5.74) is -2.18. The van der Waals surface area contributed by atoms with E-state index in [9.17, 15) is 25.5 Å². The van der Waals surface area contributed by atoms with Gasteiger partial charge in [0, 0.05) is 0 Å². The summed E-state index contributed by atoms with van der Waals surface area (Å²) in [6.07, 6.45) is 0. The fraction of sp³-hybridized carbons (Fsp3) is 0.625. The largest absolute Gasteiger partial charge is 0.493 e. The molecule has 0 bridgehead atoms. The van der Waals surface area contributed by atoms with Crippen molar-refractivity contribution in [3.05, 3.63) is 30.3 Å². The average molecular weight is 330 g/mol. The van der Waals surface area contributed by atoms with Crippen LogP contribution in [0, 0.1) is 10.8 Å². The predicted octanol–water partition coefficient (Wildman–Crippen LogP) is -0.984. The van der Waals surface area contributed by atoms with Crippen LogP contribution in [0.25, 0.3) is 0 Å². The molecule has 132 valence electrons. The third-order valence-corrected chi connectivity index (χ3v) is 3.78. The minimum atomic E-state index is -1.16. The highest BCUT2D eigenvalue weighted by Crippen LogP contribution is 2.22. The molecule has 0 aliphatic rings. The molecule has 0 radical (unpaired) electrons. The molecule has 1 aromatic rings. The molecule has 1 rings (SSSR count). The highest BCUT2D eigenvalue weighted by atomic mass is 16.5. The van der Waals surface area contributed by atoms with E-state index in [0.717, 1.165) is 0 Å². The van der Waals surface area contributed by atoms with E-state index in [1.165, 1.54) is 0 Å². The molecule has 0 amide bonds. The van der Waals surface area contributed by atoms with E-state index in [1.807, 2.05) is 18.2 Å². The number of benzene rings is 1. The Balaban J connectivity index is 2.59. The van der Waals surface area contributed by atoms with E-state index in [2.05, 4.69) is 0 Å². The van der Waals surface area contributed by atoms with Crippen LogP contribution in [0.3, 0.4) is 0 Å². The quantitative estimate of drug-likeness (QED) is 0.334. The van der Waals surface area contributed by atoms with Gasteiger partial charge in [0.05, 0.1) is 57.1 Å². The summed E-state index contributed by atoms with van der Waals surface area (Å²) in [5, 5.41) is 46.9. The van der Waals surface area contributed by atoms with Crippen LogP contribution >= 0.6 is 0 Å². The van der Waals surface area contributed by atoms with Crippen LogP contribution in [0.5, 0.6) is 5.75 Å². The highest BCUT2D eigenvalue weighted by molar-refractivity contribution is 5.21. The molecule has 0 spiro atoms. The van der Waals surface area contributed by atoms with Gasteiger partial charge in [-0.2, -0.15) is 0 Å². The van der Waals surface area contributed by atoms with Gasteiger partial charge < -0.3 is 35.0 Å². The molecule has 0 fully saturated rings. The van der Waals surface area contributed by atoms with Crippen LogP contribution in [-0.4, -0.2) is 78.4 Å². The first kappa shape index (κ1) is 19.8. The van der Waals surface area contributed by atoms with Gasteiger partial charge in [0.2, 0.25) is 0 Å². The van der Waals surface area contributed by atoms with Crippen LogP contribution in [0.1, 0.15) is 0 Å². The summed E-state index contributed by atoms with van der Waals surface area (Å²) < 4.78 is 11.0. The standard InChI is InChI=1S/C16H26O7/c17-6-15(7-18,8-19)11-22-12-16(9-20,10-21)13-23-14-4-2-1-3-5-14/h1-5,17-21H,6-13H2. The van der Waals surface area contributed by atoms with Gasteiger partial charge in [-0.1, -0.05) is 18.2 Å². The van der Waals surface area contributed by atoms with Crippen LogP contribution in [0.4, 0.5) is 0 Å². The molecule has 0 aliphatic heterocycles. The fourth-order valence-corrected chi connectivity index (χ4v) is 1.80. The lowest BCUT2D eigenvalue weighted by Crippen LogP contribution is -2.44. The van der Waals surface area contributed by atoms with Crippen molar-refractivity contribution in [1.29, 1.82) is 0 Å². The molecular formula is C16H26O7. The molecule has 0 saturated carbocycles. The zero-order valence-corrected chi connectivity index (χ0v) is 13.1. The second kappa shape index (κ2) is 9.82. The molecule has 5 N–H and O–H groups in total. The first-order valence-electron chi connectivity index (χ1n) is 7.39. The van der Waals surface area contributed by atoms with Gasteiger partial charge in [-0.25, -0.2) is 0 Å². The minimum Gasteiger partial charge on any atom is -0.493 e. The minimum absolute atomic E-state index is 0.0361. The van der Waals surface area contributed by atoms with Gasteiger partial charge in [-0.05, 0) is 12.1 Å². The summed E-state index contributed by atoms with van der Waals surface area (Å²) in [7, 11) is 0. The van der Waals surface area contributed by atoms with Gasteiger partial charge in [0.1, 0.15) is 12.4 Å². The Kier molecular flexibility index (Phi) is 8.46. The van der Waals surface area contributed by atoms with Gasteiger partial charge in [0.25, 0.3) is 0 Å². The Hall–Kier alpha value is -1.22. The number of hydrogen-bond acceptors (Lipinski definition) is 7. The molecular weight excluding hydrogens is 304 g/mol. The monoisotopic (exact) mass is 330 g/mol. The second-order valence-electron chi connectivity index (χ2n) is 5.89. The molecule has 7 heteroatoms. The lowest BCUT2D eigenvalue weighted by molar-refractivity contribution is -0.100. The van der Waals surface area contributed by atoms with Gasteiger partial charge in [-0.3, -0.25) is 0 Å². The average Bonchev–Trinajstić information content (AvgIpc) is 2.63. The van der Waals surface area contributed by atoms with Gasteiger partial charge >= 0.3 is 0 Å². The number of para-hydroxylation sites is 1. The van der Waals surface area contributed by atoms with Crippen molar-refractivity contribution in [2.75, 3.05) is 52.9 Å². The lowest BCUT2D eigenvalue weighted by atomic mass is 9.90. The predicted molar refractivity (Wildman–Crippen MR) is 83.1 cm³/mol. The Bertz CT molecular complexity index is 407. The fourth-order valence-electron chi connectivity index (χ4n) is 1.80. The SMILES string of the molecule is OCC(CO)(CO)COCC(CO)(CO)COc1ccccc1. The maximum atomic E-state index is 9.59. The zero-order chi connectivity index (χ0) is 17.2. The number of ether oxygens (including phenoxy) is 2. The summed E-state index contributed by atoms with van der Waals surface area (Å²) in [6, 6.07) is 8.98. The van der Waals surface area contributed by atoms with E-state index in [0.29, 0.717) is 5.75 Å². The number of hydrogen-bond donors (Lipinski definition) is 5. The van der Waals surface area contributed by atoms with Crippen molar-refractivity contribution < 1.29 is 35.0 Å². The van der Waals surface area contributed by atoms with E-state index in [4.69, 9.17) is 9.47 Å². The van der Waals surface area contributed by atoms with Crippen LogP contribution in [0.15, 0.2) is 30.3 Å². The van der Waals surface area contributed by atoms with Gasteiger partial charge in [-0.15, -0.1) is 0 Å². The van der Waals surface area contributed by atoms with Crippen molar-refractivity contribution >= 4 is 0 Å². The highest BCUT2D eigenvalue weighted by Gasteiger charge is 2.34. The first-order chi connectivity index (χ1) is 11.1. The van der Waals surface area contributed by atoms with Crippen LogP contribution in [0.2, 0.25) is 0 Å². The van der Waals surface area contributed by atoms with Crippen molar-refractivity contribution in [3.8, 4) is 5.75 Å². The molecule has 7 nitrogen and oxygen atoms in total. The van der Waals surface area contributed by atoms with E-state index < -0.39 is 30.7 Å². The summed E-state index contributed by atoms with van der Waals surface area (Å²) in [5.74, 6) is 0.606. The molecule has 0 heterocycles. The molecule has 1 aromatic carbocycles. The summed E-state index contributed by atoms with van der Waals surface area (Å²) in [4.78, 5) is 0. The van der Waals surface area contributed by atoms with Crippen molar-refractivity contribution in [1.82, 2.24) is 0 Å². The Morgan fingerprint density at radius 2 is 1.13 bits per heavy atom. The third-order valence-electron chi connectivity index (χ3n) is 3.78. The normalized spacial score (nSPS) is 12.4. The first-order valence-corrected chi connectivity index (χ1v) is 7.39. The molecule has 23 heavy (non-hydrogen) atoms. The third kappa shape index (κ3) is 5.72. The summed E-state index contributed by atoms with van der Waals surface area (Å²) in [6.45, 7) is -2.16. The number of aliphatic hydroxyl groups excluding tert-OH is 5. The molecule has 0 aliphatic carbocycles. The van der Waals surface area contributed by atoms with Crippen molar-refractivity contribution in [3.63, 3.8) is 0 Å². The lowest BCUT2D eigenvalue weighted by Gasteiger charge is -2.32. The zero-order valence-electron chi connectivity index (χ0n) is 13.1. The topological polar surface area (TPSA) is 120 Å². The van der Waals surface area contributed by atoms with Crippen LogP contribution < -0.4 is 4.74 Å². The number of aliphatic hydroxyl groups is 5. The molecule has 0 saturated heterocycles. The van der Waals surface area contributed by atoms with E-state index in [1.54, 1.807) is 12.1 Å².